The van der Waals surface area contributed by atoms with Gasteiger partial charge >= 0.3 is 0 Å². The molecule has 2 heterocycles. The molecular formula is C17H11FN6OS2. The number of carbonyl (C=O) groups excluding carboxylic acids is 1. The van der Waals surface area contributed by atoms with E-state index in [1.807, 2.05) is 24.3 Å². The molecule has 10 heteroatoms. The lowest BCUT2D eigenvalue weighted by Gasteiger charge is -2.10. The van der Waals surface area contributed by atoms with Crippen molar-refractivity contribution < 1.29 is 9.18 Å². The molecule has 2 aromatic carbocycles. The van der Waals surface area contributed by atoms with E-state index >= 15 is 0 Å². The van der Waals surface area contributed by atoms with Gasteiger partial charge in [0.25, 0.3) is 5.91 Å². The molecule has 2 N–H and O–H groups in total. The van der Waals surface area contributed by atoms with Crippen molar-refractivity contribution in [2.75, 3.05) is 5.32 Å². The van der Waals surface area contributed by atoms with Crippen LogP contribution in [0.1, 0.15) is 10.4 Å². The molecule has 0 bridgehead atoms. The maximum Gasteiger partial charge on any atom is 0.257 e. The van der Waals surface area contributed by atoms with E-state index in [-0.39, 0.29) is 5.11 Å². The molecule has 4 aromatic rings. The topological polar surface area (TPSA) is 84.2 Å². The Morgan fingerprint density at radius 1 is 1.11 bits per heavy atom. The third-order valence-electron chi connectivity index (χ3n) is 3.61. The van der Waals surface area contributed by atoms with Gasteiger partial charge in [0.2, 0.25) is 4.96 Å². The summed E-state index contributed by atoms with van der Waals surface area (Å²) in [5.74, 6) is -0.819. The fourth-order valence-electron chi connectivity index (χ4n) is 2.31. The number of amides is 1. The van der Waals surface area contributed by atoms with Crippen molar-refractivity contribution in [2.24, 2.45) is 0 Å². The van der Waals surface area contributed by atoms with Crippen LogP contribution in [0.2, 0.25) is 0 Å². The summed E-state index contributed by atoms with van der Waals surface area (Å²) >= 11 is 6.58. The van der Waals surface area contributed by atoms with Crippen LogP contribution in [-0.2, 0) is 0 Å². The number of nitrogens with zero attached hydrogens (tertiary/aromatic N) is 4. The number of benzene rings is 2. The van der Waals surface area contributed by atoms with E-state index < -0.39 is 11.7 Å². The minimum atomic E-state index is -0.413. The number of nitrogens with one attached hydrogen (secondary N) is 2. The lowest BCUT2D eigenvalue weighted by atomic mass is 10.2. The second-order valence-electron chi connectivity index (χ2n) is 5.46. The molecule has 0 fully saturated rings. The Morgan fingerprint density at radius 2 is 1.85 bits per heavy atom. The molecule has 0 saturated carbocycles. The van der Waals surface area contributed by atoms with Gasteiger partial charge in [0.05, 0.1) is 0 Å². The standard InChI is InChI=1S/C17H11FN6OS2/c18-12-5-1-10(2-6-12)14(25)21-16(26)20-13-7-3-11(4-8-13)15-23-24-9-19-22-17(24)27-15/h1-9H,(H2,20,21,25,26). The average Bonchev–Trinajstić information content (AvgIpc) is 3.25. The average molecular weight is 398 g/mol. The summed E-state index contributed by atoms with van der Waals surface area (Å²) in [5.41, 5.74) is 1.96. The molecule has 0 saturated heterocycles. The van der Waals surface area contributed by atoms with Gasteiger partial charge in [-0.1, -0.05) is 11.3 Å². The second kappa shape index (κ2) is 7.17. The molecule has 7 nitrogen and oxygen atoms in total. The zero-order chi connectivity index (χ0) is 18.8. The second-order valence-corrected chi connectivity index (χ2v) is 6.82. The summed E-state index contributed by atoms with van der Waals surface area (Å²) in [6, 6.07) is 12.6. The Bertz CT molecular complexity index is 1090. The first-order valence-corrected chi connectivity index (χ1v) is 8.96. The van der Waals surface area contributed by atoms with Crippen molar-refractivity contribution in [3.05, 3.63) is 66.2 Å². The van der Waals surface area contributed by atoms with Crippen LogP contribution in [-0.4, -0.2) is 30.8 Å². The number of hydrogen-bond acceptors (Lipinski definition) is 6. The van der Waals surface area contributed by atoms with Gasteiger partial charge in [-0.05, 0) is 60.7 Å². The highest BCUT2D eigenvalue weighted by molar-refractivity contribution is 7.80. The number of thiocarbonyl (C=S) groups is 1. The molecule has 0 spiro atoms. The van der Waals surface area contributed by atoms with E-state index in [9.17, 15) is 9.18 Å². The molecule has 2 aromatic heterocycles. The summed E-state index contributed by atoms with van der Waals surface area (Å²) in [6.45, 7) is 0. The first kappa shape index (κ1) is 17.2. The molecule has 0 radical (unpaired) electrons. The van der Waals surface area contributed by atoms with Gasteiger partial charge < -0.3 is 5.32 Å². The largest absolute Gasteiger partial charge is 0.332 e. The maximum atomic E-state index is 12.9. The maximum absolute atomic E-state index is 12.9. The molecule has 0 atom stereocenters. The Balaban J connectivity index is 1.40. The summed E-state index contributed by atoms with van der Waals surface area (Å²) < 4.78 is 14.5. The molecule has 0 aliphatic carbocycles. The molecule has 0 aliphatic heterocycles. The molecule has 0 unspecified atom stereocenters. The highest BCUT2D eigenvalue weighted by atomic mass is 32.1. The fourth-order valence-corrected chi connectivity index (χ4v) is 3.35. The molecule has 4 rings (SSSR count). The molecular weight excluding hydrogens is 387 g/mol. The van der Waals surface area contributed by atoms with Crippen molar-refractivity contribution in [1.29, 1.82) is 0 Å². The van der Waals surface area contributed by atoms with Gasteiger partial charge in [0, 0.05) is 16.8 Å². The third kappa shape index (κ3) is 3.81. The zero-order valence-corrected chi connectivity index (χ0v) is 15.2. The summed E-state index contributed by atoms with van der Waals surface area (Å²) in [7, 11) is 0. The summed E-state index contributed by atoms with van der Waals surface area (Å²) in [5, 5.41) is 18.6. The van der Waals surface area contributed by atoms with Crippen molar-refractivity contribution >= 4 is 45.2 Å². The Kier molecular flexibility index (Phi) is 4.57. The molecule has 27 heavy (non-hydrogen) atoms. The third-order valence-corrected chi connectivity index (χ3v) is 4.78. The number of anilines is 1. The van der Waals surface area contributed by atoms with E-state index in [1.54, 1.807) is 10.8 Å². The SMILES string of the molecule is O=C(NC(=S)Nc1ccc(-c2nn3cnnc3s2)cc1)c1ccc(F)cc1. The van der Waals surface area contributed by atoms with Gasteiger partial charge in [-0.3, -0.25) is 10.1 Å². The Labute approximate surface area is 161 Å². The van der Waals surface area contributed by atoms with Crippen LogP contribution in [0.25, 0.3) is 15.5 Å². The number of carbonyl (C=O) groups is 1. The number of halogens is 1. The Hall–Kier alpha value is -3.24. The zero-order valence-electron chi connectivity index (χ0n) is 13.6. The van der Waals surface area contributed by atoms with Gasteiger partial charge in [-0.15, -0.1) is 10.2 Å². The van der Waals surface area contributed by atoms with Crippen LogP contribution in [0.4, 0.5) is 10.1 Å². The van der Waals surface area contributed by atoms with Gasteiger partial charge in [0.15, 0.2) is 5.11 Å². The highest BCUT2D eigenvalue weighted by Crippen LogP contribution is 2.25. The van der Waals surface area contributed by atoms with Crippen LogP contribution in [0.5, 0.6) is 0 Å². The van der Waals surface area contributed by atoms with E-state index in [0.717, 1.165) is 15.5 Å². The normalized spacial score (nSPS) is 10.7. The number of hydrogen-bond donors (Lipinski definition) is 2. The van der Waals surface area contributed by atoms with Gasteiger partial charge in [-0.25, -0.2) is 4.39 Å². The van der Waals surface area contributed by atoms with Crippen molar-refractivity contribution in [2.45, 2.75) is 0 Å². The van der Waals surface area contributed by atoms with Crippen molar-refractivity contribution in [3.63, 3.8) is 0 Å². The molecule has 134 valence electrons. The van der Waals surface area contributed by atoms with Crippen LogP contribution in [0.3, 0.4) is 0 Å². The van der Waals surface area contributed by atoms with Crippen molar-refractivity contribution in [1.82, 2.24) is 25.1 Å². The Morgan fingerprint density at radius 3 is 2.56 bits per heavy atom. The van der Waals surface area contributed by atoms with E-state index in [2.05, 4.69) is 25.9 Å². The first-order valence-electron chi connectivity index (χ1n) is 7.74. The number of rotatable bonds is 3. The van der Waals surface area contributed by atoms with Crippen LogP contribution in [0, 0.1) is 5.82 Å². The quantitative estimate of drug-likeness (QED) is 0.516. The minimum Gasteiger partial charge on any atom is -0.332 e. The lowest BCUT2D eigenvalue weighted by molar-refractivity contribution is 0.0977. The van der Waals surface area contributed by atoms with Crippen LogP contribution >= 0.6 is 23.6 Å². The van der Waals surface area contributed by atoms with E-state index in [1.165, 1.54) is 35.6 Å². The predicted molar refractivity (Wildman–Crippen MR) is 104 cm³/mol. The lowest BCUT2D eigenvalue weighted by Crippen LogP contribution is -2.34. The summed E-state index contributed by atoms with van der Waals surface area (Å²) in [6.07, 6.45) is 1.55. The highest BCUT2D eigenvalue weighted by Gasteiger charge is 2.10. The molecule has 0 aliphatic rings. The first-order chi connectivity index (χ1) is 13.1. The van der Waals surface area contributed by atoms with E-state index in [4.69, 9.17) is 12.2 Å². The molecule has 1 amide bonds. The smallest absolute Gasteiger partial charge is 0.257 e. The number of aromatic nitrogens is 4. The van der Waals surface area contributed by atoms with Crippen LogP contribution < -0.4 is 10.6 Å². The monoisotopic (exact) mass is 398 g/mol. The van der Waals surface area contributed by atoms with Crippen molar-refractivity contribution in [3.8, 4) is 10.6 Å². The fraction of sp³-hybridized carbons (Fsp3) is 0. The minimum absolute atomic E-state index is 0.149. The van der Waals surface area contributed by atoms with Crippen LogP contribution in [0.15, 0.2) is 54.9 Å². The summed E-state index contributed by atoms with van der Waals surface area (Å²) in [4.78, 5) is 12.8. The number of fused-ring (bicyclic) bond motifs is 1. The van der Waals surface area contributed by atoms with Gasteiger partial charge in [-0.2, -0.15) is 9.61 Å². The van der Waals surface area contributed by atoms with E-state index in [0.29, 0.717) is 11.3 Å². The van der Waals surface area contributed by atoms with Gasteiger partial charge in [0.1, 0.15) is 17.2 Å². The predicted octanol–water partition coefficient (Wildman–Crippen LogP) is 3.12.